The van der Waals surface area contributed by atoms with E-state index in [-0.39, 0.29) is 17.4 Å². The molecule has 0 heterocycles. The highest BCUT2D eigenvalue weighted by atomic mass is 19.4. The van der Waals surface area contributed by atoms with Crippen LogP contribution in [-0.2, 0) is 4.79 Å². The lowest BCUT2D eigenvalue weighted by Gasteiger charge is -2.48. The highest BCUT2D eigenvalue weighted by Crippen LogP contribution is 2.61. The summed E-state index contributed by atoms with van der Waals surface area (Å²) < 4.78 is 37.7. The molecule has 0 radical (unpaired) electrons. The summed E-state index contributed by atoms with van der Waals surface area (Å²) in [4.78, 5) is 12.0. The van der Waals surface area contributed by atoms with E-state index in [1.807, 2.05) is 0 Å². The molecule has 0 bridgehead atoms. The fourth-order valence-corrected chi connectivity index (χ4v) is 6.87. The van der Waals surface area contributed by atoms with Crippen molar-refractivity contribution in [2.24, 2.45) is 22.7 Å². The molecule has 4 N–H and O–H groups in total. The molecule has 0 aromatic heterocycles. The maximum atomic E-state index is 12.6. The van der Waals surface area contributed by atoms with Crippen molar-refractivity contribution in [3.63, 3.8) is 0 Å². The minimum Gasteiger partial charge on any atom is -0.393 e. The number of aliphatic hydroxyl groups is 3. The lowest BCUT2D eigenvalue weighted by molar-refractivity contribution is -0.205. The summed E-state index contributed by atoms with van der Waals surface area (Å²) in [6, 6.07) is 0. The molecule has 3 fully saturated rings. The summed E-state index contributed by atoms with van der Waals surface area (Å²) in [7, 11) is 0. The maximum absolute atomic E-state index is 12.6. The van der Waals surface area contributed by atoms with E-state index in [4.69, 9.17) is 0 Å². The number of allylic oxidation sites excluding steroid dienone is 3. The first-order chi connectivity index (χ1) is 15.7. The second kappa shape index (κ2) is 10.3. The Morgan fingerprint density at radius 3 is 2.44 bits per heavy atom. The van der Waals surface area contributed by atoms with E-state index in [9.17, 15) is 33.3 Å². The third-order valence-electron chi connectivity index (χ3n) is 8.48. The summed E-state index contributed by atoms with van der Waals surface area (Å²) in [5, 5.41) is 31.7. The van der Waals surface area contributed by atoms with Crippen LogP contribution in [0.5, 0.6) is 0 Å². The predicted octanol–water partition coefficient (Wildman–Crippen LogP) is 4.42. The van der Waals surface area contributed by atoms with Crippen LogP contribution in [0.1, 0.15) is 78.6 Å². The van der Waals surface area contributed by atoms with Gasteiger partial charge in [-0.25, -0.2) is 0 Å². The van der Waals surface area contributed by atoms with Gasteiger partial charge in [0, 0.05) is 6.54 Å². The Balaban J connectivity index is 1.67. The molecule has 6 atom stereocenters. The summed E-state index contributed by atoms with van der Waals surface area (Å²) in [6.45, 7) is 6.70. The Hall–Kier alpha value is -1.38. The smallest absolute Gasteiger partial charge is 0.393 e. The lowest BCUT2D eigenvalue weighted by atomic mass is 9.57. The van der Waals surface area contributed by atoms with Crippen molar-refractivity contribution >= 4 is 5.91 Å². The van der Waals surface area contributed by atoms with Crippen LogP contribution in [0.2, 0.25) is 0 Å². The number of alkyl halides is 3. The summed E-state index contributed by atoms with van der Waals surface area (Å²) in [5.74, 6) is -0.0820. The van der Waals surface area contributed by atoms with E-state index in [0.717, 1.165) is 37.7 Å². The molecule has 0 aliphatic heterocycles. The van der Waals surface area contributed by atoms with Crippen LogP contribution >= 0.6 is 0 Å². The molecule has 8 heteroatoms. The minimum absolute atomic E-state index is 0.0356. The lowest BCUT2D eigenvalue weighted by Crippen LogP contribution is -2.46. The van der Waals surface area contributed by atoms with Crippen molar-refractivity contribution in [1.29, 1.82) is 0 Å². The number of nitrogens with one attached hydrogen (secondary N) is 1. The topological polar surface area (TPSA) is 89.8 Å². The zero-order chi connectivity index (χ0) is 25.3. The Kier molecular flexibility index (Phi) is 8.25. The second-order valence-corrected chi connectivity index (χ2v) is 11.6. The van der Waals surface area contributed by atoms with Crippen molar-refractivity contribution in [2.75, 3.05) is 6.54 Å². The van der Waals surface area contributed by atoms with Crippen LogP contribution in [0.25, 0.3) is 0 Å². The van der Waals surface area contributed by atoms with Crippen molar-refractivity contribution in [1.82, 2.24) is 5.32 Å². The molecule has 0 saturated heterocycles. The number of carbonyl (C=O) groups is 1. The average molecular weight is 488 g/mol. The monoisotopic (exact) mass is 487 g/mol. The molecule has 5 nitrogen and oxygen atoms in total. The standard InChI is InChI=1S/C26H40F3NO4/c1-24(2,15-30-23(34)14-22(33)26(27,28)29)21-9-8-20-17(5-4-10-25(20,21)3)7-6-16-11-18(31)13-19(32)12-16/h6-7,18-22,31-33H,4-5,8-15H2,1-3H3,(H,30,34)/t18-,19?,20?,21-,22-,25+/m1/s1. The molecule has 0 aromatic carbocycles. The van der Waals surface area contributed by atoms with E-state index in [1.54, 1.807) is 0 Å². The van der Waals surface area contributed by atoms with Gasteiger partial charge in [0.05, 0.1) is 18.6 Å². The number of fused-ring (bicyclic) bond motifs is 1. The van der Waals surface area contributed by atoms with E-state index in [1.165, 1.54) is 5.57 Å². The fraction of sp³-hybridized carbons (Fsp3) is 0.808. The third kappa shape index (κ3) is 6.24. The summed E-state index contributed by atoms with van der Waals surface area (Å²) in [5.41, 5.74) is 2.20. The molecular weight excluding hydrogens is 447 g/mol. The molecule has 3 saturated carbocycles. The number of hydrogen-bond acceptors (Lipinski definition) is 4. The third-order valence-corrected chi connectivity index (χ3v) is 8.48. The van der Waals surface area contributed by atoms with Crippen LogP contribution in [0, 0.1) is 22.7 Å². The summed E-state index contributed by atoms with van der Waals surface area (Å²) in [6.07, 6.45) is 1.66. The predicted molar refractivity (Wildman–Crippen MR) is 124 cm³/mol. The van der Waals surface area contributed by atoms with E-state index < -0.39 is 36.8 Å². The SMILES string of the molecule is CC(C)(CNC(=O)C[C@@H](O)C(F)(F)F)[C@H]1CCC2C(=CC=C3CC(O)C[C@H](O)C3)CCC[C@@]21C. The molecule has 194 valence electrons. The number of aliphatic hydroxyl groups excluding tert-OH is 3. The largest absolute Gasteiger partial charge is 0.414 e. The molecular formula is C26H40F3NO4. The molecule has 34 heavy (non-hydrogen) atoms. The van der Waals surface area contributed by atoms with Crippen molar-refractivity contribution in [3.8, 4) is 0 Å². The van der Waals surface area contributed by atoms with Crippen LogP contribution in [0.3, 0.4) is 0 Å². The second-order valence-electron chi connectivity index (χ2n) is 11.6. The van der Waals surface area contributed by atoms with E-state index in [2.05, 4.69) is 38.2 Å². The molecule has 1 amide bonds. The maximum Gasteiger partial charge on any atom is 0.414 e. The van der Waals surface area contributed by atoms with Gasteiger partial charge >= 0.3 is 6.18 Å². The van der Waals surface area contributed by atoms with Gasteiger partial charge in [-0.1, -0.05) is 44.1 Å². The van der Waals surface area contributed by atoms with E-state index >= 15 is 0 Å². The first kappa shape index (κ1) is 27.2. The highest BCUT2D eigenvalue weighted by Gasteiger charge is 2.54. The van der Waals surface area contributed by atoms with Crippen molar-refractivity contribution in [3.05, 3.63) is 23.3 Å². The molecule has 0 aromatic rings. The van der Waals surface area contributed by atoms with Crippen LogP contribution in [-0.4, -0.2) is 52.3 Å². The number of carbonyl (C=O) groups excluding carboxylic acids is 1. The van der Waals surface area contributed by atoms with Gasteiger partial charge < -0.3 is 20.6 Å². The Bertz CT molecular complexity index is 794. The molecule has 2 unspecified atom stereocenters. The fourth-order valence-electron chi connectivity index (χ4n) is 6.87. The average Bonchev–Trinajstić information content (AvgIpc) is 3.08. The molecule has 0 spiro atoms. The van der Waals surface area contributed by atoms with Crippen LogP contribution < -0.4 is 5.32 Å². The van der Waals surface area contributed by atoms with Gasteiger partial charge in [-0.3, -0.25) is 4.79 Å². The number of amides is 1. The zero-order valence-electron chi connectivity index (χ0n) is 20.5. The van der Waals surface area contributed by atoms with Gasteiger partial charge in [-0.15, -0.1) is 0 Å². The number of hydrogen-bond donors (Lipinski definition) is 4. The summed E-state index contributed by atoms with van der Waals surface area (Å²) >= 11 is 0. The first-order valence-corrected chi connectivity index (χ1v) is 12.5. The number of halogens is 3. The minimum atomic E-state index is -4.80. The Labute approximate surface area is 200 Å². The van der Waals surface area contributed by atoms with Gasteiger partial charge in [-0.05, 0) is 74.0 Å². The van der Waals surface area contributed by atoms with Crippen LogP contribution in [0.4, 0.5) is 13.2 Å². The van der Waals surface area contributed by atoms with Crippen molar-refractivity contribution < 1.29 is 33.3 Å². The highest BCUT2D eigenvalue weighted by molar-refractivity contribution is 5.76. The van der Waals surface area contributed by atoms with Crippen LogP contribution in [0.15, 0.2) is 23.3 Å². The van der Waals surface area contributed by atoms with Gasteiger partial charge in [0.2, 0.25) is 5.91 Å². The quantitative estimate of drug-likeness (QED) is 0.447. The van der Waals surface area contributed by atoms with Gasteiger partial charge in [0.1, 0.15) is 0 Å². The van der Waals surface area contributed by atoms with Gasteiger partial charge in [0.15, 0.2) is 6.10 Å². The zero-order valence-corrected chi connectivity index (χ0v) is 20.5. The molecule has 3 rings (SSSR count). The van der Waals surface area contributed by atoms with E-state index in [0.29, 0.717) is 31.1 Å². The Morgan fingerprint density at radius 2 is 1.82 bits per heavy atom. The van der Waals surface area contributed by atoms with Gasteiger partial charge in [-0.2, -0.15) is 13.2 Å². The first-order valence-electron chi connectivity index (χ1n) is 12.5. The van der Waals surface area contributed by atoms with Gasteiger partial charge in [0.25, 0.3) is 0 Å². The molecule has 3 aliphatic carbocycles. The van der Waals surface area contributed by atoms with Crippen molar-refractivity contribution in [2.45, 2.75) is 103 Å². The molecule has 3 aliphatic rings. The normalized spacial score (nSPS) is 35.9. The number of rotatable bonds is 6. The Morgan fingerprint density at radius 1 is 1.18 bits per heavy atom.